The summed E-state index contributed by atoms with van der Waals surface area (Å²) in [6, 6.07) is 0. The Morgan fingerprint density at radius 1 is 1.38 bits per heavy atom. The van der Waals surface area contributed by atoms with Gasteiger partial charge < -0.3 is 15.2 Å². The van der Waals surface area contributed by atoms with E-state index in [9.17, 15) is 9.59 Å². The lowest BCUT2D eigenvalue weighted by atomic mass is 10.1. The number of alkyl carbamates (subject to hydrolysis) is 1. The van der Waals surface area contributed by atoms with Gasteiger partial charge in [-0.25, -0.2) is 4.79 Å². The van der Waals surface area contributed by atoms with Gasteiger partial charge in [0.05, 0.1) is 25.2 Å². The van der Waals surface area contributed by atoms with E-state index in [2.05, 4.69) is 4.74 Å². The largest absolute Gasteiger partial charge is 0.453 e. The normalized spacial score (nSPS) is 13.1. The van der Waals surface area contributed by atoms with Crippen molar-refractivity contribution in [1.29, 1.82) is 0 Å². The predicted octanol–water partition coefficient (Wildman–Crippen LogP) is 0.401. The van der Waals surface area contributed by atoms with E-state index in [1.807, 2.05) is 26.1 Å². The molecule has 3 N–H and O–H groups in total. The zero-order valence-corrected chi connectivity index (χ0v) is 10.2. The van der Waals surface area contributed by atoms with Crippen LogP contribution >= 0.6 is 0 Å². The number of amides is 2. The average Bonchev–Trinajstić information content (AvgIpc) is 2.14. The van der Waals surface area contributed by atoms with Gasteiger partial charge in [0.1, 0.15) is 0 Å². The third kappa shape index (κ3) is 7.19. The number of nitrogens with one attached hydrogen (secondary N) is 1. The maximum atomic E-state index is 11.3. The number of nitrogens with two attached hydrogens (primary N) is 1. The summed E-state index contributed by atoms with van der Waals surface area (Å²) >= 11 is 0. The van der Waals surface area contributed by atoms with Crippen LogP contribution in [0.15, 0.2) is 0 Å². The van der Waals surface area contributed by atoms with Crippen molar-refractivity contribution in [2.24, 2.45) is 5.73 Å². The smallest absolute Gasteiger partial charge is 0.413 e. The van der Waals surface area contributed by atoms with Crippen LogP contribution in [-0.2, 0) is 14.3 Å². The molecule has 0 aliphatic carbocycles. The summed E-state index contributed by atoms with van der Waals surface area (Å²) in [5.41, 5.74) is 5.09. The minimum absolute atomic E-state index is 0.0306. The summed E-state index contributed by atoms with van der Waals surface area (Å²) in [7, 11) is 1.19. The van der Waals surface area contributed by atoms with Crippen LogP contribution < -0.4 is 11.1 Å². The Morgan fingerprint density at radius 2 is 1.94 bits per heavy atom. The van der Waals surface area contributed by atoms with Gasteiger partial charge in [0.15, 0.2) is 0 Å². The molecule has 94 valence electrons. The number of carbonyl (C=O) groups is 2. The number of carbonyl (C=O) groups excluding carboxylic acids is 2. The van der Waals surface area contributed by atoms with Crippen molar-refractivity contribution in [2.75, 3.05) is 13.7 Å². The molecule has 0 saturated heterocycles. The Hall–Kier alpha value is -1.14. The standard InChI is InChI=1S/C10H20N2O4/c1-10(2,3)16-7(6-11)5-8(13)12-9(14)15-4/h7H,5-6,11H2,1-4H3,(H,12,13,14). The lowest BCUT2D eigenvalue weighted by Crippen LogP contribution is -2.39. The summed E-state index contributed by atoms with van der Waals surface area (Å²) in [6.07, 6.45) is -1.16. The van der Waals surface area contributed by atoms with Gasteiger partial charge in [0.2, 0.25) is 5.91 Å². The summed E-state index contributed by atoms with van der Waals surface area (Å²) < 4.78 is 9.83. The van der Waals surface area contributed by atoms with Gasteiger partial charge in [-0.15, -0.1) is 0 Å². The number of ether oxygens (including phenoxy) is 2. The van der Waals surface area contributed by atoms with Crippen molar-refractivity contribution in [3.05, 3.63) is 0 Å². The maximum absolute atomic E-state index is 11.3. The van der Waals surface area contributed by atoms with Gasteiger partial charge in [-0.1, -0.05) is 0 Å². The molecule has 0 aromatic carbocycles. The summed E-state index contributed by atoms with van der Waals surface area (Å²) in [5, 5.41) is 2.04. The first-order valence-corrected chi connectivity index (χ1v) is 5.04. The molecule has 0 aromatic rings. The molecule has 0 spiro atoms. The summed E-state index contributed by atoms with van der Waals surface area (Å²) in [6.45, 7) is 5.82. The van der Waals surface area contributed by atoms with Crippen LogP contribution in [0.1, 0.15) is 27.2 Å². The molecule has 16 heavy (non-hydrogen) atoms. The van der Waals surface area contributed by atoms with Crippen LogP contribution in [0.2, 0.25) is 0 Å². The number of methoxy groups -OCH3 is 1. The number of hydrogen-bond donors (Lipinski definition) is 2. The molecular formula is C10H20N2O4. The van der Waals surface area contributed by atoms with Crippen molar-refractivity contribution in [2.45, 2.75) is 38.9 Å². The molecule has 0 fully saturated rings. The third-order valence-electron chi connectivity index (χ3n) is 1.62. The number of rotatable bonds is 4. The number of imide groups is 1. The molecule has 1 unspecified atom stereocenters. The van der Waals surface area contributed by atoms with Gasteiger partial charge >= 0.3 is 6.09 Å². The highest BCUT2D eigenvalue weighted by Gasteiger charge is 2.21. The highest BCUT2D eigenvalue weighted by Crippen LogP contribution is 2.12. The Bertz CT molecular complexity index is 248. The predicted molar refractivity (Wildman–Crippen MR) is 58.8 cm³/mol. The fourth-order valence-corrected chi connectivity index (χ4v) is 1.10. The monoisotopic (exact) mass is 232 g/mol. The molecule has 0 aliphatic heterocycles. The first kappa shape index (κ1) is 14.9. The first-order valence-electron chi connectivity index (χ1n) is 5.04. The lowest BCUT2D eigenvalue weighted by Gasteiger charge is -2.26. The van der Waals surface area contributed by atoms with Crippen LogP contribution in [0.3, 0.4) is 0 Å². The topological polar surface area (TPSA) is 90.7 Å². The molecule has 0 aliphatic rings. The van der Waals surface area contributed by atoms with Crippen molar-refractivity contribution < 1.29 is 19.1 Å². The zero-order valence-electron chi connectivity index (χ0n) is 10.2. The van der Waals surface area contributed by atoms with Gasteiger partial charge in [-0.05, 0) is 20.8 Å². The van der Waals surface area contributed by atoms with Gasteiger partial charge in [-0.2, -0.15) is 0 Å². The van der Waals surface area contributed by atoms with Gasteiger partial charge in [0, 0.05) is 6.54 Å². The fraction of sp³-hybridized carbons (Fsp3) is 0.800. The molecule has 6 nitrogen and oxygen atoms in total. The lowest BCUT2D eigenvalue weighted by molar-refractivity contribution is -0.126. The SMILES string of the molecule is COC(=O)NC(=O)CC(CN)OC(C)(C)C. The highest BCUT2D eigenvalue weighted by molar-refractivity contribution is 5.91. The van der Waals surface area contributed by atoms with E-state index in [4.69, 9.17) is 10.5 Å². The molecule has 1 atom stereocenters. The Morgan fingerprint density at radius 3 is 2.31 bits per heavy atom. The van der Waals surface area contributed by atoms with Gasteiger partial charge in [0.25, 0.3) is 0 Å². The van der Waals surface area contributed by atoms with Crippen molar-refractivity contribution in [1.82, 2.24) is 5.32 Å². The Labute approximate surface area is 95.5 Å². The molecule has 0 heterocycles. The molecule has 0 rings (SSSR count). The Kier molecular flexibility index (Phi) is 5.98. The molecule has 0 radical (unpaired) electrons. The second-order valence-corrected chi connectivity index (χ2v) is 4.33. The van der Waals surface area contributed by atoms with Crippen molar-refractivity contribution in [3.63, 3.8) is 0 Å². The molecule has 0 saturated carbocycles. The van der Waals surface area contributed by atoms with Crippen LogP contribution in [0.5, 0.6) is 0 Å². The second-order valence-electron chi connectivity index (χ2n) is 4.33. The van der Waals surface area contributed by atoms with E-state index in [-0.39, 0.29) is 18.6 Å². The summed E-state index contributed by atoms with van der Waals surface area (Å²) in [4.78, 5) is 22.1. The minimum atomic E-state index is -0.781. The van der Waals surface area contributed by atoms with Crippen molar-refractivity contribution >= 4 is 12.0 Å². The van der Waals surface area contributed by atoms with Crippen LogP contribution in [-0.4, -0.2) is 37.4 Å². The molecule has 0 bridgehead atoms. The highest BCUT2D eigenvalue weighted by atomic mass is 16.5. The molecule has 2 amide bonds. The average molecular weight is 232 g/mol. The fourth-order valence-electron chi connectivity index (χ4n) is 1.10. The first-order chi connectivity index (χ1) is 7.28. The minimum Gasteiger partial charge on any atom is -0.453 e. The van der Waals surface area contributed by atoms with Crippen LogP contribution in [0.4, 0.5) is 4.79 Å². The van der Waals surface area contributed by atoms with E-state index in [0.29, 0.717) is 0 Å². The molecule has 6 heteroatoms. The van der Waals surface area contributed by atoms with E-state index in [1.54, 1.807) is 0 Å². The second kappa shape index (κ2) is 6.44. The van der Waals surface area contributed by atoms with Crippen LogP contribution in [0, 0.1) is 0 Å². The van der Waals surface area contributed by atoms with Gasteiger partial charge in [-0.3, -0.25) is 10.1 Å². The van der Waals surface area contributed by atoms with E-state index < -0.39 is 18.1 Å². The molecule has 0 aromatic heterocycles. The van der Waals surface area contributed by atoms with Crippen LogP contribution in [0.25, 0.3) is 0 Å². The van der Waals surface area contributed by atoms with E-state index in [1.165, 1.54) is 7.11 Å². The Balaban J connectivity index is 4.12. The van der Waals surface area contributed by atoms with E-state index >= 15 is 0 Å². The van der Waals surface area contributed by atoms with Crippen molar-refractivity contribution in [3.8, 4) is 0 Å². The maximum Gasteiger partial charge on any atom is 0.413 e. The third-order valence-corrected chi connectivity index (χ3v) is 1.62. The van der Waals surface area contributed by atoms with E-state index in [0.717, 1.165) is 0 Å². The molecular weight excluding hydrogens is 212 g/mol. The quantitative estimate of drug-likeness (QED) is 0.732. The summed E-state index contributed by atoms with van der Waals surface area (Å²) in [5.74, 6) is -0.466. The number of hydrogen-bond acceptors (Lipinski definition) is 5. The zero-order chi connectivity index (χ0) is 12.8.